The van der Waals surface area contributed by atoms with Gasteiger partial charge in [-0.25, -0.2) is 5.43 Å². The van der Waals surface area contributed by atoms with E-state index < -0.39 is 0 Å². The monoisotopic (exact) mass is 285 g/mol. The standard InChI is InChI=1S/C17H23N3O/c1-5-13-10-19-7-6-14(13)17(20-18)15-8-12(3)16(21-4)9-11(15)2/h6-10,17,20H,5,18H2,1-4H3. The summed E-state index contributed by atoms with van der Waals surface area (Å²) in [6.45, 7) is 6.25. The molecule has 0 amide bonds. The molecule has 1 heterocycles. The van der Waals surface area contributed by atoms with Gasteiger partial charge in [-0.2, -0.15) is 0 Å². The summed E-state index contributed by atoms with van der Waals surface area (Å²) in [7, 11) is 1.69. The second-order valence-corrected chi connectivity index (χ2v) is 5.21. The Bertz CT molecular complexity index is 625. The van der Waals surface area contributed by atoms with Crippen molar-refractivity contribution in [2.75, 3.05) is 7.11 Å². The molecule has 1 aromatic carbocycles. The summed E-state index contributed by atoms with van der Waals surface area (Å²) in [5.41, 5.74) is 8.74. The highest BCUT2D eigenvalue weighted by molar-refractivity contribution is 5.46. The molecule has 21 heavy (non-hydrogen) atoms. The lowest BCUT2D eigenvalue weighted by atomic mass is 9.91. The number of hydrogen-bond acceptors (Lipinski definition) is 4. The summed E-state index contributed by atoms with van der Waals surface area (Å²) in [6, 6.07) is 6.18. The van der Waals surface area contributed by atoms with Crippen LogP contribution < -0.4 is 16.0 Å². The topological polar surface area (TPSA) is 60.2 Å². The highest BCUT2D eigenvalue weighted by Gasteiger charge is 2.18. The third-order valence-corrected chi connectivity index (χ3v) is 3.89. The van der Waals surface area contributed by atoms with Gasteiger partial charge in [0.15, 0.2) is 0 Å². The first kappa shape index (κ1) is 15.5. The molecule has 1 atom stereocenters. The Kier molecular flexibility index (Phi) is 4.94. The summed E-state index contributed by atoms with van der Waals surface area (Å²) in [5, 5.41) is 0. The van der Waals surface area contributed by atoms with E-state index in [1.165, 1.54) is 11.1 Å². The molecule has 0 aliphatic rings. The van der Waals surface area contributed by atoms with Crippen molar-refractivity contribution >= 4 is 0 Å². The van der Waals surface area contributed by atoms with Gasteiger partial charge in [0.25, 0.3) is 0 Å². The molecule has 0 radical (unpaired) electrons. The molecule has 0 saturated heterocycles. The van der Waals surface area contributed by atoms with Gasteiger partial charge in [-0.3, -0.25) is 10.8 Å². The van der Waals surface area contributed by atoms with Crippen LogP contribution in [0.1, 0.15) is 40.8 Å². The molecule has 3 N–H and O–H groups in total. The zero-order valence-corrected chi connectivity index (χ0v) is 13.1. The minimum absolute atomic E-state index is 0.0486. The van der Waals surface area contributed by atoms with Crippen LogP contribution in [-0.4, -0.2) is 12.1 Å². The molecule has 1 unspecified atom stereocenters. The zero-order chi connectivity index (χ0) is 15.4. The summed E-state index contributed by atoms with van der Waals surface area (Å²) in [5.74, 6) is 6.75. The van der Waals surface area contributed by atoms with E-state index in [-0.39, 0.29) is 6.04 Å². The van der Waals surface area contributed by atoms with Gasteiger partial charge in [0.05, 0.1) is 13.2 Å². The number of nitrogens with zero attached hydrogens (tertiary/aromatic N) is 1. The van der Waals surface area contributed by atoms with Gasteiger partial charge in [0, 0.05) is 12.4 Å². The van der Waals surface area contributed by atoms with Crippen molar-refractivity contribution in [1.82, 2.24) is 10.4 Å². The SMILES string of the molecule is CCc1cnccc1C(NN)c1cc(C)c(OC)cc1C. The number of aryl methyl sites for hydroxylation is 3. The van der Waals surface area contributed by atoms with E-state index in [9.17, 15) is 0 Å². The van der Waals surface area contributed by atoms with Crippen LogP contribution in [0, 0.1) is 13.8 Å². The van der Waals surface area contributed by atoms with E-state index in [1.54, 1.807) is 7.11 Å². The van der Waals surface area contributed by atoms with Crippen LogP contribution in [0.25, 0.3) is 0 Å². The normalized spacial score (nSPS) is 12.2. The Morgan fingerprint density at radius 3 is 2.62 bits per heavy atom. The van der Waals surface area contributed by atoms with Crippen molar-refractivity contribution in [1.29, 1.82) is 0 Å². The first-order valence-electron chi connectivity index (χ1n) is 7.16. The Labute approximate surface area is 126 Å². The van der Waals surface area contributed by atoms with Gasteiger partial charge in [-0.05, 0) is 60.2 Å². The van der Waals surface area contributed by atoms with Crippen molar-refractivity contribution in [3.8, 4) is 5.75 Å². The lowest BCUT2D eigenvalue weighted by molar-refractivity contribution is 0.411. The fraction of sp³-hybridized carbons (Fsp3) is 0.353. The molecule has 2 rings (SSSR count). The molecule has 1 aromatic heterocycles. The minimum Gasteiger partial charge on any atom is -0.496 e. The Morgan fingerprint density at radius 2 is 2.00 bits per heavy atom. The molecule has 4 nitrogen and oxygen atoms in total. The lowest BCUT2D eigenvalue weighted by Gasteiger charge is -2.22. The summed E-state index contributed by atoms with van der Waals surface area (Å²) in [4.78, 5) is 4.21. The fourth-order valence-electron chi connectivity index (χ4n) is 2.70. The predicted octanol–water partition coefficient (Wildman–Crippen LogP) is 2.82. The number of hydrogen-bond donors (Lipinski definition) is 2. The second-order valence-electron chi connectivity index (χ2n) is 5.21. The maximum Gasteiger partial charge on any atom is 0.122 e. The van der Waals surface area contributed by atoms with E-state index in [1.807, 2.05) is 25.4 Å². The third-order valence-electron chi connectivity index (χ3n) is 3.89. The molecular weight excluding hydrogens is 262 g/mol. The van der Waals surface area contributed by atoms with Gasteiger partial charge in [-0.1, -0.05) is 13.0 Å². The molecule has 0 aliphatic heterocycles. The van der Waals surface area contributed by atoms with Gasteiger partial charge >= 0.3 is 0 Å². The summed E-state index contributed by atoms with van der Waals surface area (Å²) >= 11 is 0. The molecule has 0 aliphatic carbocycles. The average molecular weight is 285 g/mol. The first-order chi connectivity index (χ1) is 10.1. The number of benzene rings is 1. The van der Waals surface area contributed by atoms with E-state index in [0.717, 1.165) is 28.9 Å². The third kappa shape index (κ3) is 3.06. The maximum atomic E-state index is 5.85. The largest absolute Gasteiger partial charge is 0.496 e. The van der Waals surface area contributed by atoms with Crippen molar-refractivity contribution in [2.24, 2.45) is 5.84 Å². The molecule has 112 valence electrons. The molecule has 2 aromatic rings. The van der Waals surface area contributed by atoms with Crippen LogP contribution in [0.15, 0.2) is 30.6 Å². The Balaban J connectivity index is 2.54. The van der Waals surface area contributed by atoms with Gasteiger partial charge in [-0.15, -0.1) is 0 Å². The van der Waals surface area contributed by atoms with E-state index >= 15 is 0 Å². The van der Waals surface area contributed by atoms with Gasteiger partial charge in [0.2, 0.25) is 0 Å². The highest BCUT2D eigenvalue weighted by atomic mass is 16.5. The van der Waals surface area contributed by atoms with Gasteiger partial charge in [0.1, 0.15) is 5.75 Å². The summed E-state index contributed by atoms with van der Waals surface area (Å²) in [6.07, 6.45) is 4.64. The maximum absolute atomic E-state index is 5.85. The van der Waals surface area contributed by atoms with E-state index in [0.29, 0.717) is 0 Å². The van der Waals surface area contributed by atoms with Crippen LogP contribution >= 0.6 is 0 Å². The Hall–Kier alpha value is -1.91. The molecule has 4 heteroatoms. The summed E-state index contributed by atoms with van der Waals surface area (Å²) < 4.78 is 5.38. The Morgan fingerprint density at radius 1 is 1.24 bits per heavy atom. The molecule has 0 saturated carbocycles. The zero-order valence-electron chi connectivity index (χ0n) is 13.1. The van der Waals surface area contributed by atoms with Gasteiger partial charge < -0.3 is 4.74 Å². The number of hydrazine groups is 1. The van der Waals surface area contributed by atoms with Crippen molar-refractivity contribution in [3.63, 3.8) is 0 Å². The van der Waals surface area contributed by atoms with Crippen LogP contribution in [0.4, 0.5) is 0 Å². The smallest absolute Gasteiger partial charge is 0.122 e. The van der Waals surface area contributed by atoms with E-state index in [4.69, 9.17) is 10.6 Å². The minimum atomic E-state index is -0.0486. The number of rotatable bonds is 5. The molecule has 0 spiro atoms. The van der Waals surface area contributed by atoms with E-state index in [2.05, 4.69) is 36.4 Å². The van der Waals surface area contributed by atoms with Crippen LogP contribution in [0.5, 0.6) is 5.75 Å². The van der Waals surface area contributed by atoms with Crippen molar-refractivity contribution < 1.29 is 4.74 Å². The number of nitrogens with two attached hydrogens (primary N) is 1. The van der Waals surface area contributed by atoms with Crippen LogP contribution in [-0.2, 0) is 6.42 Å². The number of pyridine rings is 1. The highest BCUT2D eigenvalue weighted by Crippen LogP contribution is 2.31. The fourth-order valence-corrected chi connectivity index (χ4v) is 2.70. The average Bonchev–Trinajstić information content (AvgIpc) is 2.51. The molecule has 0 fully saturated rings. The predicted molar refractivity (Wildman–Crippen MR) is 85.2 cm³/mol. The van der Waals surface area contributed by atoms with Crippen molar-refractivity contribution in [3.05, 3.63) is 58.4 Å². The number of ether oxygens (including phenoxy) is 1. The quantitative estimate of drug-likeness (QED) is 0.655. The lowest BCUT2D eigenvalue weighted by Crippen LogP contribution is -2.30. The number of methoxy groups -OCH3 is 1. The first-order valence-corrected chi connectivity index (χ1v) is 7.16. The number of nitrogens with one attached hydrogen (secondary N) is 1. The molecular formula is C17H23N3O. The molecule has 0 bridgehead atoms. The second kappa shape index (κ2) is 6.70. The van der Waals surface area contributed by atoms with Crippen LogP contribution in [0.3, 0.4) is 0 Å². The van der Waals surface area contributed by atoms with Crippen LogP contribution in [0.2, 0.25) is 0 Å². The van der Waals surface area contributed by atoms with Crippen molar-refractivity contribution in [2.45, 2.75) is 33.2 Å². The number of aromatic nitrogens is 1.